The zero-order valence-corrected chi connectivity index (χ0v) is 11.4. The quantitative estimate of drug-likeness (QED) is 0.765. The number of anilines is 1. The Balaban J connectivity index is 1.87. The Hall–Kier alpha value is -2.07. The van der Waals surface area contributed by atoms with Crippen molar-refractivity contribution in [3.8, 4) is 0 Å². The second-order valence-electron chi connectivity index (χ2n) is 4.47. The van der Waals surface area contributed by atoms with Crippen LogP contribution in [0.1, 0.15) is 9.75 Å². The van der Waals surface area contributed by atoms with Crippen LogP contribution in [0.2, 0.25) is 0 Å². The fourth-order valence-electron chi connectivity index (χ4n) is 2.07. The Labute approximate surface area is 114 Å². The lowest BCUT2D eigenvalue weighted by Crippen LogP contribution is -2.10. The number of nitrogens with one attached hydrogen (secondary N) is 2. The molecule has 2 heterocycles. The van der Waals surface area contributed by atoms with E-state index < -0.39 is 0 Å². The average molecular weight is 270 g/mol. The predicted molar refractivity (Wildman–Crippen MR) is 81.0 cm³/mol. The average Bonchev–Trinajstić information content (AvgIpc) is 2.82. The molecule has 96 valence electrons. The fraction of sp³-hybridized carbons (Fsp3) is 0.133. The van der Waals surface area contributed by atoms with Crippen molar-refractivity contribution in [2.75, 3.05) is 5.32 Å². The fourth-order valence-corrected chi connectivity index (χ4v) is 2.90. The maximum Gasteiger partial charge on any atom is 0.257 e. The summed E-state index contributed by atoms with van der Waals surface area (Å²) < 4.78 is 0. The molecule has 3 rings (SSSR count). The second kappa shape index (κ2) is 4.90. The van der Waals surface area contributed by atoms with Crippen LogP contribution in [-0.4, -0.2) is 4.98 Å². The maximum atomic E-state index is 11.9. The van der Waals surface area contributed by atoms with E-state index in [4.69, 9.17) is 0 Å². The summed E-state index contributed by atoms with van der Waals surface area (Å²) in [5, 5.41) is 4.94. The van der Waals surface area contributed by atoms with Crippen molar-refractivity contribution in [2.24, 2.45) is 0 Å². The van der Waals surface area contributed by atoms with Gasteiger partial charge in [-0.05, 0) is 36.6 Å². The lowest BCUT2D eigenvalue weighted by atomic mass is 10.2. The second-order valence-corrected chi connectivity index (χ2v) is 5.84. The maximum absolute atomic E-state index is 11.9. The van der Waals surface area contributed by atoms with Crippen LogP contribution < -0.4 is 10.9 Å². The Morgan fingerprint density at radius 3 is 2.84 bits per heavy atom. The minimum absolute atomic E-state index is 0.0528. The summed E-state index contributed by atoms with van der Waals surface area (Å²) in [6.07, 6.45) is 0. The van der Waals surface area contributed by atoms with Crippen LogP contribution in [0, 0.1) is 6.92 Å². The van der Waals surface area contributed by atoms with Gasteiger partial charge in [-0.3, -0.25) is 4.79 Å². The summed E-state index contributed by atoms with van der Waals surface area (Å²) in [5.41, 5.74) is -0.0528. The molecule has 0 spiro atoms. The summed E-state index contributed by atoms with van der Waals surface area (Å²) in [6.45, 7) is 2.82. The highest BCUT2D eigenvalue weighted by atomic mass is 32.1. The normalized spacial score (nSPS) is 10.8. The number of thiophene rings is 1. The van der Waals surface area contributed by atoms with Crippen molar-refractivity contribution in [1.29, 1.82) is 0 Å². The number of fused-ring (bicyclic) bond motifs is 1. The van der Waals surface area contributed by atoms with Gasteiger partial charge in [-0.25, -0.2) is 0 Å². The molecular weight excluding hydrogens is 256 g/mol. The van der Waals surface area contributed by atoms with Crippen LogP contribution in [0.5, 0.6) is 0 Å². The Morgan fingerprint density at radius 2 is 2.05 bits per heavy atom. The van der Waals surface area contributed by atoms with Gasteiger partial charge in [0.05, 0.1) is 6.54 Å². The van der Waals surface area contributed by atoms with Crippen molar-refractivity contribution < 1.29 is 0 Å². The first-order chi connectivity index (χ1) is 9.22. The monoisotopic (exact) mass is 270 g/mol. The topological polar surface area (TPSA) is 44.9 Å². The summed E-state index contributed by atoms with van der Waals surface area (Å²) in [7, 11) is 0. The molecule has 0 aliphatic carbocycles. The zero-order valence-electron chi connectivity index (χ0n) is 10.6. The molecule has 0 bridgehead atoms. The van der Waals surface area contributed by atoms with Gasteiger partial charge in [0.15, 0.2) is 0 Å². The van der Waals surface area contributed by atoms with E-state index in [1.807, 2.05) is 30.3 Å². The summed E-state index contributed by atoms with van der Waals surface area (Å²) in [4.78, 5) is 17.3. The Bertz CT molecular complexity index is 773. The summed E-state index contributed by atoms with van der Waals surface area (Å²) >= 11 is 1.76. The van der Waals surface area contributed by atoms with Crippen molar-refractivity contribution in [3.63, 3.8) is 0 Å². The number of aromatic nitrogens is 1. The number of hydrogen-bond donors (Lipinski definition) is 2. The molecule has 0 fully saturated rings. The highest BCUT2D eigenvalue weighted by Gasteiger charge is 2.02. The van der Waals surface area contributed by atoms with Gasteiger partial charge in [0.1, 0.15) is 5.82 Å². The highest BCUT2D eigenvalue weighted by Crippen LogP contribution is 2.17. The number of benzene rings is 1. The van der Waals surface area contributed by atoms with Crippen LogP contribution in [-0.2, 0) is 6.54 Å². The smallest absolute Gasteiger partial charge is 0.257 e. The van der Waals surface area contributed by atoms with E-state index in [-0.39, 0.29) is 5.56 Å². The van der Waals surface area contributed by atoms with Gasteiger partial charge in [-0.15, -0.1) is 11.3 Å². The van der Waals surface area contributed by atoms with Crippen molar-refractivity contribution in [2.45, 2.75) is 13.5 Å². The molecule has 0 saturated carbocycles. The molecule has 0 aliphatic rings. The minimum Gasteiger partial charge on any atom is -0.367 e. The molecule has 0 unspecified atom stereocenters. The first-order valence-corrected chi connectivity index (χ1v) is 6.95. The Kier molecular flexibility index (Phi) is 3.09. The summed E-state index contributed by atoms with van der Waals surface area (Å²) in [6, 6.07) is 13.8. The molecular formula is C15H14N2OS. The van der Waals surface area contributed by atoms with E-state index in [1.165, 1.54) is 9.75 Å². The SMILES string of the molecule is Cc1ccc(CNc2cc3ccccc3c(=O)[nH]2)s1. The molecule has 2 aromatic heterocycles. The lowest BCUT2D eigenvalue weighted by molar-refractivity contribution is 1.13. The van der Waals surface area contributed by atoms with E-state index in [1.54, 1.807) is 11.3 Å². The van der Waals surface area contributed by atoms with Crippen molar-refractivity contribution in [3.05, 3.63) is 62.6 Å². The molecule has 3 nitrogen and oxygen atoms in total. The molecule has 4 heteroatoms. The van der Waals surface area contributed by atoms with E-state index in [0.717, 1.165) is 23.1 Å². The van der Waals surface area contributed by atoms with Crippen LogP contribution >= 0.6 is 11.3 Å². The van der Waals surface area contributed by atoms with Gasteiger partial charge in [0.2, 0.25) is 0 Å². The largest absolute Gasteiger partial charge is 0.367 e. The summed E-state index contributed by atoms with van der Waals surface area (Å²) in [5.74, 6) is 0.759. The van der Waals surface area contributed by atoms with Crippen LogP contribution in [0.3, 0.4) is 0 Å². The van der Waals surface area contributed by atoms with Gasteiger partial charge >= 0.3 is 0 Å². The standard InChI is InChI=1S/C15H14N2OS/c1-10-6-7-12(19-10)9-16-14-8-11-4-2-3-5-13(11)15(18)17-14/h2-8H,9H2,1H3,(H2,16,17,18). The molecule has 2 N–H and O–H groups in total. The number of rotatable bonds is 3. The minimum atomic E-state index is -0.0528. The predicted octanol–water partition coefficient (Wildman–Crippen LogP) is 3.51. The molecule has 0 aliphatic heterocycles. The first kappa shape index (κ1) is 12.0. The van der Waals surface area contributed by atoms with E-state index in [9.17, 15) is 4.79 Å². The van der Waals surface area contributed by atoms with Gasteiger partial charge in [0, 0.05) is 15.1 Å². The highest BCUT2D eigenvalue weighted by molar-refractivity contribution is 7.11. The van der Waals surface area contributed by atoms with E-state index in [0.29, 0.717) is 0 Å². The van der Waals surface area contributed by atoms with Crippen molar-refractivity contribution in [1.82, 2.24) is 4.98 Å². The van der Waals surface area contributed by atoms with Crippen molar-refractivity contribution >= 4 is 27.9 Å². The van der Waals surface area contributed by atoms with E-state index >= 15 is 0 Å². The number of aryl methyl sites for hydroxylation is 1. The molecule has 0 radical (unpaired) electrons. The third-order valence-corrected chi connectivity index (χ3v) is 4.00. The number of hydrogen-bond acceptors (Lipinski definition) is 3. The number of pyridine rings is 1. The van der Waals surface area contributed by atoms with Crippen LogP contribution in [0.25, 0.3) is 10.8 Å². The van der Waals surface area contributed by atoms with Gasteiger partial charge in [0.25, 0.3) is 5.56 Å². The zero-order chi connectivity index (χ0) is 13.2. The molecule has 19 heavy (non-hydrogen) atoms. The molecule has 1 aromatic carbocycles. The Morgan fingerprint density at radius 1 is 1.21 bits per heavy atom. The molecule has 3 aromatic rings. The third-order valence-electron chi connectivity index (χ3n) is 3.00. The van der Waals surface area contributed by atoms with Gasteiger partial charge in [-0.2, -0.15) is 0 Å². The van der Waals surface area contributed by atoms with E-state index in [2.05, 4.69) is 29.4 Å². The van der Waals surface area contributed by atoms with Crippen LogP contribution in [0.4, 0.5) is 5.82 Å². The number of H-pyrrole nitrogens is 1. The number of aromatic amines is 1. The molecule has 0 atom stereocenters. The lowest BCUT2D eigenvalue weighted by Gasteiger charge is -2.06. The van der Waals surface area contributed by atoms with Crippen LogP contribution in [0.15, 0.2) is 47.3 Å². The van der Waals surface area contributed by atoms with Gasteiger partial charge in [-0.1, -0.05) is 18.2 Å². The molecule has 0 amide bonds. The molecule has 0 saturated heterocycles. The first-order valence-electron chi connectivity index (χ1n) is 6.13. The van der Waals surface area contributed by atoms with Gasteiger partial charge < -0.3 is 10.3 Å². The third kappa shape index (κ3) is 2.53.